The van der Waals surface area contributed by atoms with Gasteiger partial charge in [0.15, 0.2) is 0 Å². The molecule has 1 heterocycles. The molecule has 0 saturated carbocycles. The van der Waals surface area contributed by atoms with Crippen molar-refractivity contribution in [3.8, 4) is 0 Å². The molecule has 15 heavy (non-hydrogen) atoms. The highest BCUT2D eigenvalue weighted by Gasteiger charge is 2.34. The van der Waals surface area contributed by atoms with Crippen molar-refractivity contribution in [2.75, 3.05) is 13.2 Å². The number of rotatable bonds is 0. The Bertz CT molecular complexity index is 328. The van der Waals surface area contributed by atoms with E-state index in [0.717, 1.165) is 13.2 Å². The maximum atomic E-state index is 5.81. The first-order valence-corrected chi connectivity index (χ1v) is 5.61. The van der Waals surface area contributed by atoms with E-state index in [-0.39, 0.29) is 10.8 Å². The van der Waals surface area contributed by atoms with Gasteiger partial charge in [0.2, 0.25) is 0 Å². The highest BCUT2D eigenvalue weighted by atomic mass is 16.5. The smallest absolute Gasteiger partial charge is 0.0558 e. The summed E-state index contributed by atoms with van der Waals surface area (Å²) in [5, 5.41) is 0. The number of ether oxygens (including phenoxy) is 1. The van der Waals surface area contributed by atoms with E-state index in [1.54, 1.807) is 0 Å². The van der Waals surface area contributed by atoms with Gasteiger partial charge < -0.3 is 4.74 Å². The van der Waals surface area contributed by atoms with Crippen LogP contribution in [0.3, 0.4) is 0 Å². The molecular formula is C14H20O. The summed E-state index contributed by atoms with van der Waals surface area (Å²) in [5.41, 5.74) is 3.13. The molecule has 0 fully saturated rings. The second kappa shape index (κ2) is 3.34. The van der Waals surface area contributed by atoms with Gasteiger partial charge in [0.1, 0.15) is 0 Å². The zero-order valence-corrected chi connectivity index (χ0v) is 10.1. The Morgan fingerprint density at radius 3 is 1.67 bits per heavy atom. The van der Waals surface area contributed by atoms with Crippen LogP contribution in [0.1, 0.15) is 38.8 Å². The van der Waals surface area contributed by atoms with Gasteiger partial charge in [0.05, 0.1) is 13.2 Å². The van der Waals surface area contributed by atoms with Crippen molar-refractivity contribution in [2.24, 2.45) is 0 Å². The van der Waals surface area contributed by atoms with Gasteiger partial charge in [-0.15, -0.1) is 0 Å². The molecule has 0 unspecified atom stereocenters. The quantitative estimate of drug-likeness (QED) is 0.630. The summed E-state index contributed by atoms with van der Waals surface area (Å²) < 4.78 is 5.81. The second-order valence-electron chi connectivity index (χ2n) is 5.81. The zero-order valence-electron chi connectivity index (χ0n) is 10.1. The molecule has 0 spiro atoms. The number of fused-ring (bicyclic) bond motifs is 1. The lowest BCUT2D eigenvalue weighted by Gasteiger charge is -2.27. The van der Waals surface area contributed by atoms with Crippen LogP contribution in [0, 0.1) is 0 Å². The van der Waals surface area contributed by atoms with Crippen LogP contribution in [0.15, 0.2) is 24.3 Å². The monoisotopic (exact) mass is 204 g/mol. The van der Waals surface area contributed by atoms with Crippen molar-refractivity contribution in [1.82, 2.24) is 0 Å². The Labute approximate surface area is 92.5 Å². The van der Waals surface area contributed by atoms with Crippen LogP contribution < -0.4 is 0 Å². The Morgan fingerprint density at radius 2 is 1.27 bits per heavy atom. The van der Waals surface area contributed by atoms with E-state index in [1.807, 2.05) is 0 Å². The number of benzene rings is 1. The van der Waals surface area contributed by atoms with Crippen LogP contribution >= 0.6 is 0 Å². The fourth-order valence-corrected chi connectivity index (χ4v) is 2.38. The summed E-state index contributed by atoms with van der Waals surface area (Å²) in [6.45, 7) is 10.7. The van der Waals surface area contributed by atoms with Gasteiger partial charge in [0.25, 0.3) is 0 Å². The van der Waals surface area contributed by atoms with Crippen molar-refractivity contribution in [3.63, 3.8) is 0 Å². The molecule has 1 aromatic carbocycles. The molecule has 1 nitrogen and oxygen atoms in total. The number of hydrogen-bond acceptors (Lipinski definition) is 1. The van der Waals surface area contributed by atoms with Gasteiger partial charge >= 0.3 is 0 Å². The third-order valence-corrected chi connectivity index (χ3v) is 3.31. The predicted octanol–water partition coefficient (Wildman–Crippen LogP) is 3.27. The first-order valence-electron chi connectivity index (χ1n) is 5.61. The second-order valence-corrected chi connectivity index (χ2v) is 5.81. The molecule has 0 radical (unpaired) electrons. The van der Waals surface area contributed by atoms with Gasteiger partial charge in [-0.3, -0.25) is 0 Å². The fourth-order valence-electron chi connectivity index (χ4n) is 2.38. The van der Waals surface area contributed by atoms with E-state index in [1.165, 1.54) is 11.1 Å². The van der Waals surface area contributed by atoms with Gasteiger partial charge in [-0.25, -0.2) is 0 Å². The average molecular weight is 204 g/mol. The van der Waals surface area contributed by atoms with Crippen LogP contribution in [-0.4, -0.2) is 13.2 Å². The lowest BCUT2D eigenvalue weighted by atomic mass is 9.75. The predicted molar refractivity (Wildman–Crippen MR) is 63.3 cm³/mol. The van der Waals surface area contributed by atoms with Crippen molar-refractivity contribution in [2.45, 2.75) is 38.5 Å². The van der Waals surface area contributed by atoms with Gasteiger partial charge in [-0.1, -0.05) is 52.0 Å². The molecule has 1 aromatic rings. The largest absolute Gasteiger partial charge is 0.380 e. The van der Waals surface area contributed by atoms with Crippen LogP contribution in [-0.2, 0) is 15.6 Å². The normalized spacial score (nSPS) is 22.9. The molecule has 0 N–H and O–H groups in total. The minimum absolute atomic E-state index is 0.129. The molecule has 1 aliphatic heterocycles. The third-order valence-electron chi connectivity index (χ3n) is 3.31. The lowest BCUT2D eigenvalue weighted by Crippen LogP contribution is -2.24. The molecule has 0 atom stereocenters. The molecule has 2 rings (SSSR count). The summed E-state index contributed by atoms with van der Waals surface area (Å²) in [4.78, 5) is 0. The van der Waals surface area contributed by atoms with Gasteiger partial charge in [0, 0.05) is 10.8 Å². The van der Waals surface area contributed by atoms with E-state index in [4.69, 9.17) is 4.74 Å². The first kappa shape index (κ1) is 10.7. The molecule has 0 saturated heterocycles. The molecule has 1 aliphatic rings. The Morgan fingerprint density at radius 1 is 0.867 bits per heavy atom. The summed E-state index contributed by atoms with van der Waals surface area (Å²) in [6, 6.07) is 8.74. The van der Waals surface area contributed by atoms with E-state index in [0.29, 0.717) is 0 Å². The van der Waals surface area contributed by atoms with Crippen molar-refractivity contribution < 1.29 is 4.74 Å². The first-order chi connectivity index (χ1) is 6.93. The summed E-state index contributed by atoms with van der Waals surface area (Å²) in [6.07, 6.45) is 0. The van der Waals surface area contributed by atoms with E-state index < -0.39 is 0 Å². The van der Waals surface area contributed by atoms with E-state index in [9.17, 15) is 0 Å². The number of hydrogen-bond donors (Lipinski definition) is 0. The summed E-state index contributed by atoms with van der Waals surface area (Å²) in [5.74, 6) is 0. The van der Waals surface area contributed by atoms with E-state index in [2.05, 4.69) is 52.0 Å². The highest BCUT2D eigenvalue weighted by molar-refractivity contribution is 5.39. The van der Waals surface area contributed by atoms with Crippen molar-refractivity contribution in [3.05, 3.63) is 35.4 Å². The van der Waals surface area contributed by atoms with Crippen LogP contribution in [0.2, 0.25) is 0 Å². The zero-order chi connectivity index (χ0) is 11.1. The van der Waals surface area contributed by atoms with Crippen molar-refractivity contribution in [1.29, 1.82) is 0 Å². The molecule has 0 amide bonds. The SMILES string of the molecule is CC1(C)COCC(C)(C)c2ccccc21. The maximum absolute atomic E-state index is 5.81. The maximum Gasteiger partial charge on any atom is 0.0558 e. The third kappa shape index (κ3) is 1.81. The standard InChI is InChI=1S/C14H20O/c1-13(2)9-15-10-14(3,4)12-8-6-5-7-11(12)13/h5-8H,9-10H2,1-4H3. The molecule has 0 bridgehead atoms. The Kier molecular flexibility index (Phi) is 2.38. The van der Waals surface area contributed by atoms with Crippen molar-refractivity contribution >= 4 is 0 Å². The fraction of sp³-hybridized carbons (Fsp3) is 0.571. The highest BCUT2D eigenvalue weighted by Crippen LogP contribution is 2.37. The molecule has 0 aromatic heterocycles. The molecule has 0 aliphatic carbocycles. The topological polar surface area (TPSA) is 9.23 Å². The van der Waals surface area contributed by atoms with Gasteiger partial charge in [-0.05, 0) is 11.1 Å². The summed E-state index contributed by atoms with van der Waals surface area (Å²) >= 11 is 0. The van der Waals surface area contributed by atoms with Crippen LogP contribution in [0.4, 0.5) is 0 Å². The minimum atomic E-state index is 0.129. The summed E-state index contributed by atoms with van der Waals surface area (Å²) in [7, 11) is 0. The van der Waals surface area contributed by atoms with Crippen LogP contribution in [0.25, 0.3) is 0 Å². The Balaban J connectivity index is 2.61. The minimum Gasteiger partial charge on any atom is -0.380 e. The van der Waals surface area contributed by atoms with Gasteiger partial charge in [-0.2, -0.15) is 0 Å². The lowest BCUT2D eigenvalue weighted by molar-refractivity contribution is 0.0753. The van der Waals surface area contributed by atoms with E-state index >= 15 is 0 Å². The molecular weight excluding hydrogens is 184 g/mol. The van der Waals surface area contributed by atoms with Crippen LogP contribution in [0.5, 0.6) is 0 Å². The molecule has 82 valence electrons. The molecule has 1 heteroatoms. The average Bonchev–Trinajstić information content (AvgIpc) is 2.24. The Hall–Kier alpha value is -0.820.